The fraction of sp³-hybridized carbons (Fsp3) is 0.345. The molecule has 1 heterocycles. The zero-order chi connectivity index (χ0) is 25.5. The molecule has 0 bridgehead atoms. The summed E-state index contributed by atoms with van der Waals surface area (Å²) < 4.78 is 5.47. The fourth-order valence-electron chi connectivity index (χ4n) is 4.13. The van der Waals surface area contributed by atoms with Crippen molar-refractivity contribution in [3.05, 3.63) is 66.1 Å². The highest BCUT2D eigenvalue weighted by atomic mass is 16.6. The first-order chi connectivity index (χ1) is 16.3. The van der Waals surface area contributed by atoms with E-state index in [1.54, 1.807) is 13.1 Å². The normalized spacial score (nSPS) is 13.1. The third kappa shape index (κ3) is 5.53. The first kappa shape index (κ1) is 24.5. The number of alkyl carbamates (subject to hydrolysis) is 1. The topological polar surface area (TPSA) is 84.1 Å². The Kier molecular flexibility index (Phi) is 6.18. The Balaban J connectivity index is 1.66. The molecule has 0 aliphatic heterocycles. The van der Waals surface area contributed by atoms with Gasteiger partial charge in [0.2, 0.25) is 0 Å². The molecule has 4 aromatic rings. The Morgan fingerprint density at radius 2 is 1.51 bits per heavy atom. The second-order valence-corrected chi connectivity index (χ2v) is 11.2. The number of carbonyl (C=O) groups is 2. The van der Waals surface area contributed by atoms with Gasteiger partial charge in [-0.2, -0.15) is 0 Å². The van der Waals surface area contributed by atoms with Crippen LogP contribution in [0.1, 0.15) is 70.7 Å². The van der Waals surface area contributed by atoms with Crippen molar-refractivity contribution in [1.29, 1.82) is 0 Å². The van der Waals surface area contributed by atoms with Crippen molar-refractivity contribution in [3.8, 4) is 11.3 Å². The van der Waals surface area contributed by atoms with Crippen molar-refractivity contribution in [2.75, 3.05) is 0 Å². The third-order valence-electron chi connectivity index (χ3n) is 5.91. The number of hydrogen-bond donors (Lipinski definition) is 2. The molecular formula is C29H33N3O3. The fourth-order valence-corrected chi connectivity index (χ4v) is 4.13. The number of carbonyl (C=O) groups excluding carboxylic acids is 2. The Hall–Kier alpha value is -3.67. The number of aromatic nitrogens is 2. The second-order valence-electron chi connectivity index (χ2n) is 11.2. The summed E-state index contributed by atoms with van der Waals surface area (Å²) in [6.45, 7) is 13.3. The van der Waals surface area contributed by atoms with Crippen LogP contribution in [0.25, 0.3) is 32.8 Å². The van der Waals surface area contributed by atoms with Crippen LogP contribution in [0.2, 0.25) is 0 Å². The van der Waals surface area contributed by atoms with E-state index in [-0.39, 0.29) is 17.2 Å². The molecule has 3 aromatic carbocycles. The van der Waals surface area contributed by atoms with E-state index in [1.165, 1.54) is 0 Å². The molecule has 6 nitrogen and oxygen atoms in total. The largest absolute Gasteiger partial charge is 0.444 e. The molecule has 1 atom stereocenters. The Morgan fingerprint density at radius 3 is 2.11 bits per heavy atom. The number of nitrogens with one attached hydrogen (secondary N) is 2. The molecule has 0 radical (unpaired) electrons. The standard InChI is InChI=1S/C29H33N3O3/c1-17(33)18-8-9-19-14-23-15-21(11-10-20(23)13-22(19)12-18)24-16-30-26(31-24)25(28(2,3)4)32-27(34)35-29(5,6)7/h8-16,25H,1-7H3,(H,30,31)(H,32,34)/t25-/m1/s1. The average molecular weight is 472 g/mol. The molecular weight excluding hydrogens is 438 g/mol. The van der Waals surface area contributed by atoms with E-state index in [0.717, 1.165) is 32.8 Å². The van der Waals surface area contributed by atoms with Crippen LogP contribution < -0.4 is 5.32 Å². The molecule has 0 spiro atoms. The summed E-state index contributed by atoms with van der Waals surface area (Å²) in [4.78, 5) is 32.2. The Morgan fingerprint density at radius 1 is 0.886 bits per heavy atom. The lowest BCUT2D eigenvalue weighted by atomic mass is 9.86. The van der Waals surface area contributed by atoms with Crippen molar-refractivity contribution in [3.63, 3.8) is 0 Å². The first-order valence-electron chi connectivity index (χ1n) is 11.8. The van der Waals surface area contributed by atoms with Gasteiger partial charge in [0.05, 0.1) is 17.9 Å². The molecule has 2 N–H and O–H groups in total. The van der Waals surface area contributed by atoms with Gasteiger partial charge < -0.3 is 15.0 Å². The van der Waals surface area contributed by atoms with Crippen molar-refractivity contribution in [2.45, 2.75) is 60.1 Å². The summed E-state index contributed by atoms with van der Waals surface area (Å²) in [5, 5.41) is 7.30. The SMILES string of the molecule is CC(=O)c1ccc2cc3cc(-c4cnc([C@@H](NC(=O)OC(C)(C)C)C(C)(C)C)[nH]4)ccc3cc2c1. The molecule has 35 heavy (non-hydrogen) atoms. The van der Waals surface area contributed by atoms with E-state index in [2.05, 4.69) is 60.3 Å². The van der Waals surface area contributed by atoms with Gasteiger partial charge in [-0.1, -0.05) is 45.0 Å². The third-order valence-corrected chi connectivity index (χ3v) is 5.91. The van der Waals surface area contributed by atoms with E-state index in [1.807, 2.05) is 45.0 Å². The number of ether oxygens (including phenoxy) is 1. The van der Waals surface area contributed by atoms with Gasteiger partial charge in [-0.25, -0.2) is 9.78 Å². The van der Waals surface area contributed by atoms with Crippen LogP contribution in [-0.4, -0.2) is 27.4 Å². The first-order valence-corrected chi connectivity index (χ1v) is 11.8. The quantitative estimate of drug-likeness (QED) is 0.243. The smallest absolute Gasteiger partial charge is 0.408 e. The van der Waals surface area contributed by atoms with Crippen molar-refractivity contribution < 1.29 is 14.3 Å². The molecule has 4 rings (SSSR count). The molecule has 0 saturated carbocycles. The number of fused-ring (bicyclic) bond motifs is 2. The summed E-state index contributed by atoms with van der Waals surface area (Å²) in [5.41, 5.74) is 1.72. The zero-order valence-corrected chi connectivity index (χ0v) is 21.4. The van der Waals surface area contributed by atoms with Crippen LogP contribution in [-0.2, 0) is 4.74 Å². The van der Waals surface area contributed by atoms with Crippen molar-refractivity contribution in [1.82, 2.24) is 15.3 Å². The van der Waals surface area contributed by atoms with Gasteiger partial charge >= 0.3 is 6.09 Å². The van der Waals surface area contributed by atoms with E-state index in [0.29, 0.717) is 11.4 Å². The van der Waals surface area contributed by atoms with Gasteiger partial charge in [-0.05, 0) is 78.9 Å². The summed E-state index contributed by atoms with van der Waals surface area (Å²) in [6, 6.07) is 15.9. The minimum Gasteiger partial charge on any atom is -0.444 e. The lowest BCUT2D eigenvalue weighted by Crippen LogP contribution is -2.40. The molecule has 6 heteroatoms. The van der Waals surface area contributed by atoms with E-state index < -0.39 is 11.7 Å². The molecule has 1 aromatic heterocycles. The summed E-state index contributed by atoms with van der Waals surface area (Å²) >= 11 is 0. The highest BCUT2D eigenvalue weighted by molar-refractivity contribution is 6.03. The number of amides is 1. The minimum atomic E-state index is -0.580. The molecule has 1 amide bonds. The number of H-pyrrole nitrogens is 1. The molecule has 0 unspecified atom stereocenters. The highest BCUT2D eigenvalue weighted by Crippen LogP contribution is 2.33. The highest BCUT2D eigenvalue weighted by Gasteiger charge is 2.32. The molecule has 0 fully saturated rings. The Bertz CT molecular complexity index is 1420. The minimum absolute atomic E-state index is 0.0621. The number of aromatic amines is 1. The molecule has 0 saturated heterocycles. The number of imidazole rings is 1. The number of nitrogens with zero attached hydrogens (tertiary/aromatic N) is 1. The summed E-state index contributed by atoms with van der Waals surface area (Å²) in [6.07, 6.45) is 1.33. The number of hydrogen-bond acceptors (Lipinski definition) is 4. The van der Waals surface area contributed by atoms with Crippen LogP contribution in [0.15, 0.2) is 54.7 Å². The van der Waals surface area contributed by atoms with Gasteiger partial charge in [-0.15, -0.1) is 0 Å². The number of rotatable bonds is 4. The maximum absolute atomic E-state index is 12.5. The van der Waals surface area contributed by atoms with Gasteiger partial charge in [0.25, 0.3) is 0 Å². The number of ketones is 1. The predicted octanol–water partition coefficient (Wildman–Crippen LogP) is 7.20. The molecule has 0 aliphatic rings. The predicted molar refractivity (Wildman–Crippen MR) is 141 cm³/mol. The van der Waals surface area contributed by atoms with Gasteiger partial charge in [0.1, 0.15) is 11.4 Å². The van der Waals surface area contributed by atoms with Crippen LogP contribution in [0, 0.1) is 5.41 Å². The lowest BCUT2D eigenvalue weighted by Gasteiger charge is -2.31. The average Bonchev–Trinajstić information content (AvgIpc) is 3.23. The van der Waals surface area contributed by atoms with Crippen molar-refractivity contribution in [2.24, 2.45) is 5.41 Å². The zero-order valence-electron chi connectivity index (χ0n) is 21.4. The maximum atomic E-state index is 12.5. The van der Waals surface area contributed by atoms with Crippen molar-refractivity contribution >= 4 is 33.4 Å². The van der Waals surface area contributed by atoms with Crippen LogP contribution >= 0.6 is 0 Å². The van der Waals surface area contributed by atoms with Gasteiger partial charge in [0, 0.05) is 11.1 Å². The van der Waals surface area contributed by atoms with Gasteiger partial charge in [-0.3, -0.25) is 4.79 Å². The van der Waals surface area contributed by atoms with Gasteiger partial charge in [0.15, 0.2) is 5.78 Å². The van der Waals surface area contributed by atoms with E-state index >= 15 is 0 Å². The Labute approximate surface area is 206 Å². The van der Waals surface area contributed by atoms with E-state index in [4.69, 9.17) is 4.74 Å². The second kappa shape index (κ2) is 8.84. The number of Topliss-reactive ketones (excluding diaryl/α,β-unsaturated/α-hetero) is 1. The lowest BCUT2D eigenvalue weighted by molar-refractivity contribution is 0.0458. The van der Waals surface area contributed by atoms with E-state index in [9.17, 15) is 9.59 Å². The monoisotopic (exact) mass is 471 g/mol. The van der Waals surface area contributed by atoms with Crippen LogP contribution in [0.5, 0.6) is 0 Å². The molecule has 0 aliphatic carbocycles. The molecule has 182 valence electrons. The number of benzene rings is 3. The summed E-state index contributed by atoms with van der Waals surface area (Å²) in [7, 11) is 0. The summed E-state index contributed by atoms with van der Waals surface area (Å²) in [5.74, 6) is 0.737. The maximum Gasteiger partial charge on any atom is 0.408 e. The van der Waals surface area contributed by atoms with Crippen LogP contribution in [0.4, 0.5) is 4.79 Å². The van der Waals surface area contributed by atoms with Crippen LogP contribution in [0.3, 0.4) is 0 Å².